The first-order valence-electron chi connectivity index (χ1n) is 7.26. The second-order valence-electron chi connectivity index (χ2n) is 5.86. The van der Waals surface area contributed by atoms with Gasteiger partial charge in [-0.3, -0.25) is 9.89 Å². The van der Waals surface area contributed by atoms with Crippen LogP contribution in [0.5, 0.6) is 0 Å². The highest BCUT2D eigenvalue weighted by molar-refractivity contribution is 6.05. The third kappa shape index (κ3) is 2.51. The van der Waals surface area contributed by atoms with Crippen LogP contribution in [0, 0.1) is 5.92 Å². The molecule has 4 heterocycles. The molecule has 0 saturated carbocycles. The first kappa shape index (κ1) is 14.4. The van der Waals surface area contributed by atoms with E-state index in [1.54, 1.807) is 6.20 Å². The summed E-state index contributed by atoms with van der Waals surface area (Å²) in [5, 5.41) is 11.1. The van der Waals surface area contributed by atoms with E-state index in [-0.39, 0.29) is 18.3 Å². The summed E-state index contributed by atoms with van der Waals surface area (Å²) >= 11 is 0. The van der Waals surface area contributed by atoms with E-state index in [0.29, 0.717) is 17.5 Å². The Balaban J connectivity index is 0.00000132. The Labute approximate surface area is 129 Å². The van der Waals surface area contributed by atoms with Crippen LogP contribution in [0.2, 0.25) is 0 Å². The predicted octanol–water partition coefficient (Wildman–Crippen LogP) is 1.81. The Morgan fingerprint density at radius 1 is 1.33 bits per heavy atom. The molecule has 1 atom stereocenters. The summed E-state index contributed by atoms with van der Waals surface area (Å²) in [4.78, 5) is 15.0. The van der Waals surface area contributed by atoms with Gasteiger partial charge in [0, 0.05) is 18.0 Å². The third-order valence-corrected chi connectivity index (χ3v) is 4.69. The SMILES string of the molecule is Cl.O=C(N[C@@H]1CN2CCC1CC2)c1cccc2cn[nH]c12. The molecule has 0 radical (unpaired) electrons. The van der Waals surface area contributed by atoms with Gasteiger partial charge in [-0.1, -0.05) is 12.1 Å². The number of aromatic nitrogens is 2. The smallest absolute Gasteiger partial charge is 0.253 e. The number of nitrogens with one attached hydrogen (secondary N) is 2. The van der Waals surface area contributed by atoms with Gasteiger partial charge >= 0.3 is 0 Å². The highest BCUT2D eigenvalue weighted by Gasteiger charge is 2.35. The van der Waals surface area contributed by atoms with Gasteiger partial charge in [0.2, 0.25) is 0 Å². The highest BCUT2D eigenvalue weighted by Crippen LogP contribution is 2.28. The van der Waals surface area contributed by atoms with Crippen LogP contribution in [0.4, 0.5) is 0 Å². The molecule has 3 aliphatic rings. The monoisotopic (exact) mass is 306 g/mol. The average Bonchev–Trinajstić information content (AvgIpc) is 2.96. The summed E-state index contributed by atoms with van der Waals surface area (Å²) in [6.45, 7) is 3.37. The summed E-state index contributed by atoms with van der Waals surface area (Å²) in [6, 6.07) is 6.02. The van der Waals surface area contributed by atoms with Crippen molar-refractivity contribution >= 4 is 29.2 Å². The van der Waals surface area contributed by atoms with E-state index in [9.17, 15) is 4.79 Å². The summed E-state index contributed by atoms with van der Waals surface area (Å²) in [7, 11) is 0. The first-order valence-corrected chi connectivity index (χ1v) is 7.26. The fraction of sp³-hybridized carbons (Fsp3) is 0.467. The van der Waals surface area contributed by atoms with Gasteiger partial charge in [-0.05, 0) is 37.9 Å². The van der Waals surface area contributed by atoms with Gasteiger partial charge in [-0.15, -0.1) is 12.4 Å². The lowest BCUT2D eigenvalue weighted by atomic mass is 9.84. The molecule has 3 fully saturated rings. The Morgan fingerprint density at radius 2 is 2.14 bits per heavy atom. The molecule has 0 unspecified atom stereocenters. The lowest BCUT2D eigenvalue weighted by Crippen LogP contribution is -2.57. The van der Waals surface area contributed by atoms with E-state index < -0.39 is 0 Å². The third-order valence-electron chi connectivity index (χ3n) is 4.69. The predicted molar refractivity (Wildman–Crippen MR) is 83.8 cm³/mol. The van der Waals surface area contributed by atoms with Gasteiger partial charge in [-0.2, -0.15) is 5.10 Å². The molecule has 3 aliphatic heterocycles. The zero-order chi connectivity index (χ0) is 13.5. The number of hydrogen-bond acceptors (Lipinski definition) is 3. The Hall–Kier alpha value is -1.59. The normalized spacial score (nSPS) is 27.3. The van der Waals surface area contributed by atoms with Crippen LogP contribution in [0.25, 0.3) is 10.9 Å². The molecule has 21 heavy (non-hydrogen) atoms. The number of amides is 1. The van der Waals surface area contributed by atoms with Gasteiger partial charge in [0.25, 0.3) is 5.91 Å². The van der Waals surface area contributed by atoms with Crippen molar-refractivity contribution in [2.45, 2.75) is 18.9 Å². The number of fused-ring (bicyclic) bond motifs is 4. The molecular weight excluding hydrogens is 288 g/mol. The second-order valence-corrected chi connectivity index (χ2v) is 5.86. The van der Waals surface area contributed by atoms with E-state index in [4.69, 9.17) is 0 Å². The lowest BCUT2D eigenvalue weighted by Gasteiger charge is -2.44. The number of benzene rings is 1. The largest absolute Gasteiger partial charge is 0.348 e. The van der Waals surface area contributed by atoms with Gasteiger partial charge < -0.3 is 10.2 Å². The molecule has 2 bridgehead atoms. The maximum atomic E-state index is 12.5. The maximum absolute atomic E-state index is 12.5. The van der Waals surface area contributed by atoms with Gasteiger partial charge in [0.15, 0.2) is 0 Å². The minimum absolute atomic E-state index is 0. The number of H-pyrrole nitrogens is 1. The maximum Gasteiger partial charge on any atom is 0.253 e. The molecule has 2 aromatic rings. The van der Waals surface area contributed by atoms with Crippen LogP contribution >= 0.6 is 12.4 Å². The van der Waals surface area contributed by atoms with Crippen molar-refractivity contribution in [1.29, 1.82) is 0 Å². The topological polar surface area (TPSA) is 61.0 Å². The number of carbonyl (C=O) groups excluding carboxylic acids is 1. The van der Waals surface area contributed by atoms with Gasteiger partial charge in [0.1, 0.15) is 0 Å². The molecule has 1 aromatic heterocycles. The van der Waals surface area contributed by atoms with E-state index in [0.717, 1.165) is 17.4 Å². The van der Waals surface area contributed by atoms with Crippen LogP contribution in [0.1, 0.15) is 23.2 Å². The second kappa shape index (κ2) is 5.66. The Kier molecular flexibility index (Phi) is 3.87. The molecule has 2 N–H and O–H groups in total. The van der Waals surface area contributed by atoms with Crippen LogP contribution in [0.3, 0.4) is 0 Å². The quantitative estimate of drug-likeness (QED) is 0.889. The van der Waals surface area contributed by atoms with E-state index in [1.165, 1.54) is 25.9 Å². The van der Waals surface area contributed by atoms with Crippen molar-refractivity contribution in [3.8, 4) is 0 Å². The zero-order valence-electron chi connectivity index (χ0n) is 11.7. The molecule has 3 saturated heterocycles. The molecule has 1 aromatic carbocycles. The molecule has 5 nitrogen and oxygen atoms in total. The molecule has 6 heteroatoms. The van der Waals surface area contributed by atoms with Crippen LogP contribution in [-0.4, -0.2) is 46.7 Å². The van der Waals surface area contributed by atoms with Crippen LogP contribution < -0.4 is 5.32 Å². The average molecular weight is 307 g/mol. The van der Waals surface area contributed by atoms with E-state index in [1.807, 2.05) is 18.2 Å². The minimum Gasteiger partial charge on any atom is -0.348 e. The van der Waals surface area contributed by atoms with Crippen molar-refractivity contribution in [2.75, 3.05) is 19.6 Å². The van der Waals surface area contributed by atoms with Crippen molar-refractivity contribution < 1.29 is 4.79 Å². The number of aromatic amines is 1. The molecule has 0 aliphatic carbocycles. The molecule has 0 spiro atoms. The van der Waals surface area contributed by atoms with Crippen molar-refractivity contribution in [2.24, 2.45) is 5.92 Å². The van der Waals surface area contributed by atoms with Crippen LogP contribution in [0.15, 0.2) is 24.4 Å². The molecule has 112 valence electrons. The van der Waals surface area contributed by atoms with E-state index >= 15 is 0 Å². The Morgan fingerprint density at radius 3 is 2.86 bits per heavy atom. The number of nitrogens with zero attached hydrogens (tertiary/aromatic N) is 2. The fourth-order valence-corrected chi connectivity index (χ4v) is 3.53. The first-order chi connectivity index (χ1) is 9.81. The number of halogens is 1. The van der Waals surface area contributed by atoms with Crippen LogP contribution in [-0.2, 0) is 0 Å². The summed E-state index contributed by atoms with van der Waals surface area (Å²) < 4.78 is 0. The zero-order valence-corrected chi connectivity index (χ0v) is 12.5. The van der Waals surface area contributed by atoms with E-state index in [2.05, 4.69) is 20.4 Å². The number of para-hydroxylation sites is 1. The van der Waals surface area contributed by atoms with Crippen molar-refractivity contribution in [1.82, 2.24) is 20.4 Å². The number of rotatable bonds is 2. The summed E-state index contributed by atoms with van der Waals surface area (Å²) in [6.07, 6.45) is 4.17. The number of hydrogen-bond donors (Lipinski definition) is 2. The van der Waals surface area contributed by atoms with Crippen molar-refractivity contribution in [3.05, 3.63) is 30.0 Å². The molecule has 1 amide bonds. The molecule has 5 rings (SSSR count). The number of carbonyl (C=O) groups is 1. The summed E-state index contributed by atoms with van der Waals surface area (Å²) in [5.74, 6) is 0.656. The minimum atomic E-state index is 0. The number of piperidine rings is 3. The standard InChI is InChI=1S/C15H18N4O.ClH/c20-15(12-3-1-2-11-8-16-18-14(11)12)17-13-9-19-6-4-10(13)5-7-19;/h1-3,8,10,13H,4-7,9H2,(H,16,18)(H,17,20);1H/t13-;/m1./s1. The van der Waals surface area contributed by atoms with Crippen molar-refractivity contribution in [3.63, 3.8) is 0 Å². The van der Waals surface area contributed by atoms with Gasteiger partial charge in [0.05, 0.1) is 17.3 Å². The Bertz CT molecular complexity index is 648. The lowest BCUT2D eigenvalue weighted by molar-refractivity contribution is 0.0621. The highest BCUT2D eigenvalue weighted by atomic mass is 35.5. The molecular formula is C15H19ClN4O. The summed E-state index contributed by atoms with van der Waals surface area (Å²) in [5.41, 5.74) is 1.52. The fourth-order valence-electron chi connectivity index (χ4n) is 3.53. The van der Waals surface area contributed by atoms with Gasteiger partial charge in [-0.25, -0.2) is 0 Å².